The summed E-state index contributed by atoms with van der Waals surface area (Å²) >= 11 is 0. The van der Waals surface area contributed by atoms with Crippen LogP contribution in [0.1, 0.15) is 11.3 Å². The molecule has 1 aromatic carbocycles. The van der Waals surface area contributed by atoms with E-state index in [1.54, 1.807) is 12.4 Å². The molecule has 0 fully saturated rings. The average Bonchev–Trinajstić information content (AvgIpc) is 3.07. The van der Waals surface area contributed by atoms with Crippen molar-refractivity contribution in [2.45, 2.75) is 13.1 Å². The molecule has 0 saturated carbocycles. The van der Waals surface area contributed by atoms with Crippen LogP contribution < -0.4 is 0 Å². The van der Waals surface area contributed by atoms with Gasteiger partial charge in [-0.1, -0.05) is 6.07 Å². The lowest BCUT2D eigenvalue weighted by Crippen LogP contribution is -2.26. The Bertz CT molecular complexity index is 824. The first-order valence-corrected chi connectivity index (χ1v) is 7.77. The third-order valence-corrected chi connectivity index (χ3v) is 3.65. The van der Waals surface area contributed by atoms with E-state index in [-0.39, 0.29) is 12.5 Å². The lowest BCUT2D eigenvalue weighted by Gasteiger charge is -2.19. The third-order valence-electron chi connectivity index (χ3n) is 3.65. The monoisotopic (exact) mass is 345 g/mol. The Morgan fingerprint density at radius 3 is 2.72 bits per heavy atom. The zero-order valence-electron chi connectivity index (χ0n) is 13.4. The smallest absolute Gasteiger partial charge is 0.226 e. The van der Waals surface area contributed by atoms with E-state index in [1.165, 1.54) is 12.3 Å². The van der Waals surface area contributed by atoms with Crippen LogP contribution in [0.25, 0.3) is 11.5 Å². The van der Waals surface area contributed by atoms with Crippen LogP contribution in [0, 0.1) is 11.6 Å². The zero-order chi connectivity index (χ0) is 17.6. The Morgan fingerprint density at radius 1 is 1.12 bits per heavy atom. The largest absolute Gasteiger partial charge is 0.444 e. The predicted molar refractivity (Wildman–Crippen MR) is 87.3 cm³/mol. The molecule has 0 saturated heterocycles. The van der Waals surface area contributed by atoms with Crippen molar-refractivity contribution in [3.8, 4) is 11.5 Å². The molecular formula is C18H17F2N3O2. The highest BCUT2D eigenvalue weighted by molar-refractivity contribution is 5.53. The van der Waals surface area contributed by atoms with Gasteiger partial charge in [0, 0.05) is 37.6 Å². The molecule has 0 aliphatic heterocycles. The molecule has 0 radical (unpaired) electrons. The number of oxazole rings is 1. The maximum absolute atomic E-state index is 13.3. The molecule has 0 aliphatic rings. The van der Waals surface area contributed by atoms with E-state index >= 15 is 0 Å². The molecule has 0 amide bonds. The number of pyridine rings is 1. The SMILES string of the molecule is OCCN(Cc1cccnc1)Cc1coc(-c2ccc(F)c(F)c2)n1. The van der Waals surface area contributed by atoms with Crippen molar-refractivity contribution in [3.05, 3.63) is 71.9 Å². The highest BCUT2D eigenvalue weighted by atomic mass is 19.2. The minimum atomic E-state index is -0.948. The maximum atomic E-state index is 13.3. The van der Waals surface area contributed by atoms with Crippen LogP contribution in [0.15, 0.2) is 53.4 Å². The number of benzene rings is 1. The van der Waals surface area contributed by atoms with Crippen LogP contribution in [-0.2, 0) is 13.1 Å². The number of aromatic nitrogens is 2. The van der Waals surface area contributed by atoms with Crippen molar-refractivity contribution in [1.29, 1.82) is 0 Å². The van der Waals surface area contributed by atoms with Gasteiger partial charge in [-0.25, -0.2) is 13.8 Å². The van der Waals surface area contributed by atoms with Crippen LogP contribution >= 0.6 is 0 Å². The highest BCUT2D eigenvalue weighted by Gasteiger charge is 2.13. The summed E-state index contributed by atoms with van der Waals surface area (Å²) in [6.07, 6.45) is 4.94. The van der Waals surface area contributed by atoms with Gasteiger partial charge in [0.25, 0.3) is 0 Å². The minimum Gasteiger partial charge on any atom is -0.444 e. The fourth-order valence-corrected chi connectivity index (χ4v) is 2.48. The Balaban J connectivity index is 1.72. The van der Waals surface area contributed by atoms with Crippen LogP contribution in [0.2, 0.25) is 0 Å². The number of aliphatic hydroxyl groups is 1. The van der Waals surface area contributed by atoms with E-state index in [0.717, 1.165) is 17.7 Å². The molecular weight excluding hydrogens is 328 g/mol. The second-order valence-electron chi connectivity index (χ2n) is 5.57. The molecule has 0 atom stereocenters. The third kappa shape index (κ3) is 4.46. The molecule has 5 nitrogen and oxygen atoms in total. The van der Waals surface area contributed by atoms with Crippen molar-refractivity contribution in [1.82, 2.24) is 14.9 Å². The Labute approximate surface area is 143 Å². The number of hydrogen-bond donors (Lipinski definition) is 1. The van der Waals surface area contributed by atoms with Gasteiger partial charge in [0.05, 0.1) is 12.3 Å². The molecule has 7 heteroatoms. The van der Waals surface area contributed by atoms with E-state index in [2.05, 4.69) is 9.97 Å². The fraction of sp³-hybridized carbons (Fsp3) is 0.222. The van der Waals surface area contributed by atoms with Gasteiger partial charge in [0.1, 0.15) is 6.26 Å². The molecule has 0 bridgehead atoms. The molecule has 0 spiro atoms. The van der Waals surface area contributed by atoms with Gasteiger partial charge in [-0.2, -0.15) is 0 Å². The van der Waals surface area contributed by atoms with Crippen LogP contribution in [0.3, 0.4) is 0 Å². The second-order valence-corrected chi connectivity index (χ2v) is 5.57. The molecule has 0 unspecified atom stereocenters. The van der Waals surface area contributed by atoms with Gasteiger partial charge in [0.2, 0.25) is 5.89 Å². The summed E-state index contributed by atoms with van der Waals surface area (Å²) in [6.45, 7) is 1.51. The second kappa shape index (κ2) is 7.96. The highest BCUT2D eigenvalue weighted by Crippen LogP contribution is 2.21. The van der Waals surface area contributed by atoms with Gasteiger partial charge in [-0.15, -0.1) is 0 Å². The Kier molecular flexibility index (Phi) is 5.47. The van der Waals surface area contributed by atoms with Gasteiger partial charge >= 0.3 is 0 Å². The number of halogens is 2. The van der Waals surface area contributed by atoms with Crippen molar-refractivity contribution in [3.63, 3.8) is 0 Å². The lowest BCUT2D eigenvalue weighted by atomic mass is 10.2. The predicted octanol–water partition coefficient (Wildman–Crippen LogP) is 3.01. The number of nitrogens with zero attached hydrogens (tertiary/aromatic N) is 3. The summed E-state index contributed by atoms with van der Waals surface area (Å²) in [5, 5.41) is 9.25. The van der Waals surface area contributed by atoms with E-state index < -0.39 is 11.6 Å². The summed E-state index contributed by atoms with van der Waals surface area (Å²) in [5.41, 5.74) is 2.02. The van der Waals surface area contributed by atoms with Crippen molar-refractivity contribution in [2.75, 3.05) is 13.2 Å². The summed E-state index contributed by atoms with van der Waals surface area (Å²) in [4.78, 5) is 10.4. The van der Waals surface area contributed by atoms with Gasteiger partial charge in [-0.3, -0.25) is 9.88 Å². The van der Waals surface area contributed by atoms with Crippen molar-refractivity contribution < 1.29 is 18.3 Å². The van der Waals surface area contributed by atoms with E-state index in [0.29, 0.717) is 30.9 Å². The van der Waals surface area contributed by atoms with Crippen LogP contribution in [0.4, 0.5) is 8.78 Å². The fourth-order valence-electron chi connectivity index (χ4n) is 2.48. The topological polar surface area (TPSA) is 62.4 Å². The van der Waals surface area contributed by atoms with Crippen LogP contribution in [-0.4, -0.2) is 33.1 Å². The summed E-state index contributed by atoms with van der Waals surface area (Å²) < 4.78 is 31.7. The first-order valence-electron chi connectivity index (χ1n) is 7.77. The standard InChI is InChI=1S/C18H17F2N3O2/c19-16-4-3-14(8-17(16)20)18-22-15(12-25-18)11-23(6-7-24)10-13-2-1-5-21-9-13/h1-5,8-9,12,24H,6-7,10-11H2. The average molecular weight is 345 g/mol. The van der Waals surface area contributed by atoms with Gasteiger partial charge in [0.15, 0.2) is 11.6 Å². The summed E-state index contributed by atoms with van der Waals surface area (Å²) in [7, 11) is 0. The molecule has 0 aliphatic carbocycles. The van der Waals surface area contributed by atoms with Gasteiger partial charge < -0.3 is 9.52 Å². The first kappa shape index (κ1) is 17.2. The van der Waals surface area contributed by atoms with E-state index in [9.17, 15) is 13.9 Å². The zero-order valence-corrected chi connectivity index (χ0v) is 13.4. The van der Waals surface area contributed by atoms with Gasteiger partial charge in [-0.05, 0) is 29.8 Å². The molecule has 2 aromatic heterocycles. The van der Waals surface area contributed by atoms with Crippen molar-refractivity contribution >= 4 is 0 Å². The molecule has 3 aromatic rings. The van der Waals surface area contributed by atoms with E-state index in [4.69, 9.17) is 4.42 Å². The first-order chi connectivity index (χ1) is 12.2. The molecule has 130 valence electrons. The normalized spacial score (nSPS) is 11.2. The number of aliphatic hydroxyl groups excluding tert-OH is 1. The summed E-state index contributed by atoms with van der Waals surface area (Å²) in [6, 6.07) is 7.30. The van der Waals surface area contributed by atoms with Crippen LogP contribution in [0.5, 0.6) is 0 Å². The van der Waals surface area contributed by atoms with Crippen molar-refractivity contribution in [2.24, 2.45) is 0 Å². The molecule has 25 heavy (non-hydrogen) atoms. The summed E-state index contributed by atoms with van der Waals surface area (Å²) in [5.74, 6) is -1.64. The Hall–Kier alpha value is -2.64. The molecule has 2 heterocycles. The maximum Gasteiger partial charge on any atom is 0.226 e. The molecule has 1 N–H and O–H groups in total. The minimum absolute atomic E-state index is 0.00808. The Morgan fingerprint density at radius 2 is 2.00 bits per heavy atom. The lowest BCUT2D eigenvalue weighted by molar-refractivity contribution is 0.182. The number of rotatable bonds is 7. The quantitative estimate of drug-likeness (QED) is 0.713. The molecule has 3 rings (SSSR count). The van der Waals surface area contributed by atoms with E-state index in [1.807, 2.05) is 17.0 Å². The number of hydrogen-bond acceptors (Lipinski definition) is 5.